The zero-order valence-corrected chi connectivity index (χ0v) is 7.14. The van der Waals surface area contributed by atoms with Crippen LogP contribution in [0.3, 0.4) is 0 Å². The van der Waals surface area contributed by atoms with Crippen LogP contribution in [0, 0.1) is 0 Å². The van der Waals surface area contributed by atoms with E-state index in [0.29, 0.717) is 0 Å². The van der Waals surface area contributed by atoms with E-state index in [0.717, 1.165) is 0 Å². The van der Waals surface area contributed by atoms with Crippen LogP contribution in [0.2, 0.25) is 0 Å². The van der Waals surface area contributed by atoms with Gasteiger partial charge >= 0.3 is 24.4 Å². The summed E-state index contributed by atoms with van der Waals surface area (Å²) in [6, 6.07) is 0. The van der Waals surface area contributed by atoms with E-state index in [1.54, 1.807) is 0 Å². The molecule has 0 aliphatic rings. The van der Waals surface area contributed by atoms with Crippen molar-refractivity contribution >= 4 is 0 Å². The van der Waals surface area contributed by atoms with Crippen LogP contribution in [-0.4, -0.2) is 30.7 Å². The van der Waals surface area contributed by atoms with Gasteiger partial charge in [-0.15, -0.1) is 0 Å². The number of hydrogen-bond acceptors (Lipinski definition) is 1. The van der Waals surface area contributed by atoms with Crippen LogP contribution < -0.4 is 0 Å². The lowest BCUT2D eigenvalue weighted by Crippen LogP contribution is -2.57. The molecule has 0 fully saturated rings. The average molecular weight is 286 g/mol. The number of halogens is 11. The molecule has 0 saturated carbocycles. The first kappa shape index (κ1) is 16.2. The molecular weight excluding hydrogens is 285 g/mol. The molecule has 0 saturated heterocycles. The number of hydrogen-bond donors (Lipinski definition) is 0. The predicted octanol–water partition coefficient (Wildman–Crippen LogP) is 3.65. The van der Waals surface area contributed by atoms with Crippen molar-refractivity contribution in [1.29, 1.82) is 0 Å². The first-order valence-corrected chi connectivity index (χ1v) is 3.34. The van der Waals surface area contributed by atoms with Gasteiger partial charge in [-0.05, 0) is 0 Å². The summed E-state index contributed by atoms with van der Waals surface area (Å²) in [7, 11) is 0. The van der Waals surface area contributed by atoms with Crippen LogP contribution >= 0.6 is 0 Å². The summed E-state index contributed by atoms with van der Waals surface area (Å²) >= 11 is 0. The first-order chi connectivity index (χ1) is 7.13. The fourth-order valence-corrected chi connectivity index (χ4v) is 0.504. The zero-order valence-electron chi connectivity index (χ0n) is 7.14. The van der Waals surface area contributed by atoms with Crippen LogP contribution in [0.15, 0.2) is 0 Å². The highest BCUT2D eigenvalue weighted by atomic mass is 19.4. The van der Waals surface area contributed by atoms with E-state index in [1.807, 2.05) is 4.74 Å². The highest BCUT2D eigenvalue weighted by molar-refractivity contribution is 4.86. The molecule has 0 aliphatic heterocycles. The second kappa shape index (κ2) is 4.14. The Morgan fingerprint density at radius 3 is 1.12 bits per heavy atom. The summed E-state index contributed by atoms with van der Waals surface area (Å²) < 4.78 is 130. The summed E-state index contributed by atoms with van der Waals surface area (Å²) in [6.45, 7) is 0. The fraction of sp³-hybridized carbons (Fsp3) is 1.00. The van der Waals surface area contributed by atoms with Crippen LogP contribution in [0.5, 0.6) is 0 Å². The Hall–Kier alpha value is -0.810. The third-order valence-electron chi connectivity index (χ3n) is 1.25. The summed E-state index contributed by atoms with van der Waals surface area (Å²) in [4.78, 5) is 0. The van der Waals surface area contributed by atoms with Crippen molar-refractivity contribution < 1.29 is 53.0 Å². The second-order valence-corrected chi connectivity index (χ2v) is 2.57. The van der Waals surface area contributed by atoms with E-state index in [-0.39, 0.29) is 0 Å². The maximum atomic E-state index is 12.4. The Labute approximate surface area is 85.1 Å². The Morgan fingerprint density at radius 1 is 0.647 bits per heavy atom. The zero-order chi connectivity index (χ0) is 14.3. The molecule has 0 aromatic carbocycles. The van der Waals surface area contributed by atoms with Crippen molar-refractivity contribution in [3.63, 3.8) is 0 Å². The monoisotopic (exact) mass is 286 g/mol. The van der Waals surface area contributed by atoms with E-state index < -0.39 is 30.7 Å². The van der Waals surface area contributed by atoms with Gasteiger partial charge in [0.1, 0.15) is 0 Å². The minimum atomic E-state index is -6.92. The minimum Gasteiger partial charge on any atom is -0.289 e. The van der Waals surface area contributed by atoms with E-state index >= 15 is 0 Å². The molecule has 104 valence electrons. The van der Waals surface area contributed by atoms with Gasteiger partial charge in [0.05, 0.1) is 0 Å². The molecule has 0 bridgehead atoms. The Kier molecular flexibility index (Phi) is 3.94. The standard InChI is InChI=1S/C5HF11O/c6-1(2(7,8)9)17-3(10,4(11,12)13)5(14,15)16/h1H. The van der Waals surface area contributed by atoms with Gasteiger partial charge in [-0.2, -0.15) is 43.9 Å². The summed E-state index contributed by atoms with van der Waals surface area (Å²) in [5, 5.41) is 0. The Morgan fingerprint density at radius 2 is 0.941 bits per heavy atom. The van der Waals surface area contributed by atoms with Crippen LogP contribution in [-0.2, 0) is 4.74 Å². The van der Waals surface area contributed by atoms with Gasteiger partial charge < -0.3 is 0 Å². The maximum absolute atomic E-state index is 12.4. The highest BCUT2D eigenvalue weighted by Crippen LogP contribution is 2.48. The fourth-order valence-electron chi connectivity index (χ4n) is 0.504. The number of rotatable bonds is 2. The molecule has 0 rings (SSSR count). The van der Waals surface area contributed by atoms with Gasteiger partial charge in [0.25, 0.3) is 6.36 Å². The van der Waals surface area contributed by atoms with Gasteiger partial charge in [0.2, 0.25) is 0 Å². The van der Waals surface area contributed by atoms with Crippen LogP contribution in [0.4, 0.5) is 48.3 Å². The molecule has 1 unspecified atom stereocenters. The summed E-state index contributed by atoms with van der Waals surface area (Å²) in [6.07, 6.45) is -25.1. The first-order valence-electron chi connectivity index (χ1n) is 3.34. The van der Waals surface area contributed by atoms with E-state index in [2.05, 4.69) is 0 Å². The van der Waals surface area contributed by atoms with Crippen molar-refractivity contribution in [3.8, 4) is 0 Å². The minimum absolute atomic E-state index is 1.82. The van der Waals surface area contributed by atoms with Crippen LogP contribution in [0.25, 0.3) is 0 Å². The van der Waals surface area contributed by atoms with Gasteiger partial charge in [-0.1, -0.05) is 0 Å². The van der Waals surface area contributed by atoms with Gasteiger partial charge in [-0.3, -0.25) is 4.74 Å². The SMILES string of the molecule is FC(OC(F)(C(F)(F)F)C(F)(F)F)C(F)(F)F. The molecule has 0 aliphatic carbocycles. The molecule has 0 heterocycles. The van der Waals surface area contributed by atoms with Crippen molar-refractivity contribution in [2.75, 3.05) is 0 Å². The summed E-state index contributed by atoms with van der Waals surface area (Å²) in [5.41, 5.74) is 0. The highest BCUT2D eigenvalue weighted by Gasteiger charge is 2.76. The lowest BCUT2D eigenvalue weighted by Gasteiger charge is -2.30. The molecule has 0 spiro atoms. The van der Waals surface area contributed by atoms with Crippen molar-refractivity contribution in [3.05, 3.63) is 0 Å². The molecule has 0 amide bonds. The largest absolute Gasteiger partial charge is 0.458 e. The molecule has 0 radical (unpaired) electrons. The predicted molar refractivity (Wildman–Crippen MR) is 28.0 cm³/mol. The Bertz CT molecular complexity index is 245. The van der Waals surface area contributed by atoms with Crippen LogP contribution in [0.1, 0.15) is 0 Å². The van der Waals surface area contributed by atoms with Crippen molar-refractivity contribution in [1.82, 2.24) is 0 Å². The number of alkyl halides is 11. The third kappa shape index (κ3) is 3.33. The van der Waals surface area contributed by atoms with Crippen molar-refractivity contribution in [2.24, 2.45) is 0 Å². The van der Waals surface area contributed by atoms with E-state index in [4.69, 9.17) is 0 Å². The summed E-state index contributed by atoms with van der Waals surface area (Å²) in [5.74, 6) is -6.74. The van der Waals surface area contributed by atoms with Gasteiger partial charge in [0.15, 0.2) is 0 Å². The Balaban J connectivity index is 5.27. The second-order valence-electron chi connectivity index (χ2n) is 2.57. The smallest absolute Gasteiger partial charge is 0.289 e. The molecule has 17 heavy (non-hydrogen) atoms. The lowest BCUT2D eigenvalue weighted by molar-refractivity contribution is -0.464. The molecule has 0 aromatic heterocycles. The number of ether oxygens (including phenoxy) is 1. The molecule has 1 atom stereocenters. The molecule has 0 aromatic rings. The molecule has 12 heteroatoms. The average Bonchev–Trinajstić information content (AvgIpc) is 1.97. The normalized spacial score (nSPS) is 17.1. The molecule has 0 N–H and O–H groups in total. The topological polar surface area (TPSA) is 9.23 Å². The van der Waals surface area contributed by atoms with E-state index in [1.165, 1.54) is 0 Å². The van der Waals surface area contributed by atoms with Gasteiger partial charge in [0, 0.05) is 0 Å². The molecular formula is C5HF11O. The quantitative estimate of drug-likeness (QED) is 0.704. The maximum Gasteiger partial charge on any atom is 0.458 e. The third-order valence-corrected chi connectivity index (χ3v) is 1.25. The molecule has 1 nitrogen and oxygen atoms in total. The van der Waals surface area contributed by atoms with Crippen molar-refractivity contribution in [2.45, 2.75) is 30.7 Å². The van der Waals surface area contributed by atoms with E-state index in [9.17, 15) is 48.3 Å². The lowest BCUT2D eigenvalue weighted by atomic mass is 10.3. The van der Waals surface area contributed by atoms with Gasteiger partial charge in [-0.25, -0.2) is 4.39 Å².